The Morgan fingerprint density at radius 1 is 1.16 bits per heavy atom. The van der Waals surface area contributed by atoms with Crippen molar-refractivity contribution in [3.05, 3.63) is 54.4 Å². The SMILES string of the molecule is CC(O)C(=O)N1CC(Oc2ccc(-c3ncnc(Nc4ccc(N5CCN(C6COC6)CC5)cc4)n3)cc2C#N)C(F)(F)C1. The van der Waals surface area contributed by atoms with Crippen molar-refractivity contribution in [2.24, 2.45) is 0 Å². The number of hydrogen-bond donors (Lipinski definition) is 2. The zero-order chi connectivity index (χ0) is 30.8. The van der Waals surface area contributed by atoms with Gasteiger partial charge in [-0.2, -0.15) is 10.2 Å². The molecule has 1 amide bonds. The third-order valence-electron chi connectivity index (χ3n) is 8.07. The lowest BCUT2D eigenvalue weighted by Gasteiger charge is -2.43. The number of amides is 1. The molecule has 2 N–H and O–H groups in total. The van der Waals surface area contributed by atoms with Gasteiger partial charge >= 0.3 is 5.92 Å². The fourth-order valence-corrected chi connectivity index (χ4v) is 5.48. The Morgan fingerprint density at radius 2 is 1.91 bits per heavy atom. The van der Waals surface area contributed by atoms with Crippen molar-refractivity contribution < 1.29 is 28.2 Å². The van der Waals surface area contributed by atoms with Crippen LogP contribution in [0.5, 0.6) is 5.75 Å². The lowest BCUT2D eigenvalue weighted by atomic mass is 10.1. The molecule has 3 fully saturated rings. The fraction of sp³-hybridized carbons (Fsp3) is 0.433. The van der Waals surface area contributed by atoms with Gasteiger partial charge in [0.25, 0.3) is 5.91 Å². The van der Waals surface area contributed by atoms with E-state index in [1.165, 1.54) is 25.4 Å². The average molecular weight is 607 g/mol. The first kappa shape index (κ1) is 29.6. The first-order valence-electron chi connectivity index (χ1n) is 14.4. The van der Waals surface area contributed by atoms with Gasteiger partial charge in [-0.05, 0) is 49.4 Å². The number of anilines is 3. The standard InChI is InChI=1S/C30H32F2N8O4/c1-19(41)28(42)40-14-26(30(31,32)17-40)44-25-7-2-20(12-21(25)13-33)27-34-18-35-29(37-27)36-22-3-5-23(6-4-22)38-8-10-39(11-9-38)24-15-43-16-24/h2-7,12,18-19,24,26,41H,8-11,14-17H2,1H3,(H,34,35,36,37). The van der Waals surface area contributed by atoms with Crippen molar-refractivity contribution in [1.29, 1.82) is 5.26 Å². The lowest BCUT2D eigenvalue weighted by molar-refractivity contribution is -0.139. The zero-order valence-electron chi connectivity index (χ0n) is 24.1. The highest BCUT2D eigenvalue weighted by atomic mass is 19.3. The number of aliphatic hydroxyl groups excluding tert-OH is 1. The number of hydrogen-bond acceptors (Lipinski definition) is 11. The maximum Gasteiger partial charge on any atom is 0.302 e. The Kier molecular flexibility index (Phi) is 8.26. The molecular weight excluding hydrogens is 574 g/mol. The molecule has 3 aromatic rings. The van der Waals surface area contributed by atoms with Crippen LogP contribution >= 0.6 is 0 Å². The van der Waals surface area contributed by atoms with E-state index in [1.54, 1.807) is 6.07 Å². The van der Waals surface area contributed by atoms with Gasteiger partial charge in [-0.25, -0.2) is 18.7 Å². The molecule has 0 spiro atoms. The summed E-state index contributed by atoms with van der Waals surface area (Å²) in [4.78, 5) is 30.6. The Morgan fingerprint density at radius 3 is 2.57 bits per heavy atom. The summed E-state index contributed by atoms with van der Waals surface area (Å²) in [7, 11) is 0. The maximum absolute atomic E-state index is 14.6. The molecule has 12 nitrogen and oxygen atoms in total. The predicted molar refractivity (Wildman–Crippen MR) is 156 cm³/mol. The zero-order valence-corrected chi connectivity index (χ0v) is 24.1. The molecule has 2 unspecified atom stereocenters. The molecule has 6 rings (SSSR count). The first-order valence-corrected chi connectivity index (χ1v) is 14.4. The van der Waals surface area contributed by atoms with E-state index in [1.807, 2.05) is 18.2 Å². The maximum atomic E-state index is 14.6. The number of alkyl halides is 2. The molecule has 4 heterocycles. The molecule has 0 saturated carbocycles. The average Bonchev–Trinajstić information content (AvgIpc) is 3.30. The third kappa shape index (κ3) is 6.26. The van der Waals surface area contributed by atoms with Gasteiger partial charge in [-0.15, -0.1) is 0 Å². The Bertz CT molecular complexity index is 1540. The lowest BCUT2D eigenvalue weighted by Crippen LogP contribution is -2.56. The Balaban J connectivity index is 1.10. The number of carbonyl (C=O) groups is 1. The Hall–Kier alpha value is -4.45. The van der Waals surface area contributed by atoms with Crippen LogP contribution in [0.3, 0.4) is 0 Å². The van der Waals surface area contributed by atoms with Crippen molar-refractivity contribution >= 4 is 23.2 Å². The molecule has 230 valence electrons. The van der Waals surface area contributed by atoms with Gasteiger partial charge in [0.05, 0.1) is 37.9 Å². The minimum Gasteiger partial charge on any atom is -0.481 e. The second kappa shape index (κ2) is 12.3. The highest BCUT2D eigenvalue weighted by Gasteiger charge is 2.52. The molecule has 3 aliphatic heterocycles. The van der Waals surface area contributed by atoms with Gasteiger partial charge < -0.3 is 29.7 Å². The summed E-state index contributed by atoms with van der Waals surface area (Å²) in [5, 5.41) is 22.4. The number of nitrogens with zero attached hydrogens (tertiary/aromatic N) is 7. The number of aliphatic hydroxyl groups is 1. The molecule has 44 heavy (non-hydrogen) atoms. The van der Waals surface area contributed by atoms with Gasteiger partial charge in [0.1, 0.15) is 24.3 Å². The fourth-order valence-electron chi connectivity index (χ4n) is 5.48. The monoisotopic (exact) mass is 606 g/mol. The highest BCUT2D eigenvalue weighted by Crippen LogP contribution is 2.34. The van der Waals surface area contributed by atoms with Crippen LogP contribution in [0.1, 0.15) is 12.5 Å². The van der Waals surface area contributed by atoms with Crippen LogP contribution in [0.15, 0.2) is 48.8 Å². The van der Waals surface area contributed by atoms with Crippen LogP contribution in [0.25, 0.3) is 11.4 Å². The normalized spacial score (nSPS) is 20.9. The Labute approximate surface area is 252 Å². The number of aromatic nitrogens is 3. The van der Waals surface area contributed by atoms with E-state index in [4.69, 9.17) is 9.47 Å². The molecule has 0 radical (unpaired) electrons. The van der Waals surface area contributed by atoms with Crippen molar-refractivity contribution in [2.45, 2.75) is 31.1 Å². The molecule has 0 aliphatic carbocycles. The highest BCUT2D eigenvalue weighted by molar-refractivity contribution is 5.80. The number of nitrogens with one attached hydrogen (secondary N) is 1. The smallest absolute Gasteiger partial charge is 0.302 e. The van der Waals surface area contributed by atoms with Crippen LogP contribution < -0.4 is 15.0 Å². The number of carbonyl (C=O) groups excluding carboxylic acids is 1. The minimum atomic E-state index is -3.36. The molecule has 3 aliphatic rings. The molecule has 3 saturated heterocycles. The van der Waals surface area contributed by atoms with E-state index in [0.29, 0.717) is 17.6 Å². The molecular formula is C30H32F2N8O4. The van der Waals surface area contributed by atoms with Gasteiger partial charge in [0, 0.05) is 43.1 Å². The number of piperazine rings is 1. The topological polar surface area (TPSA) is 140 Å². The van der Waals surface area contributed by atoms with Gasteiger partial charge in [0.2, 0.25) is 5.95 Å². The van der Waals surface area contributed by atoms with Crippen molar-refractivity contribution in [2.75, 3.05) is 62.7 Å². The van der Waals surface area contributed by atoms with Gasteiger partial charge in [0.15, 0.2) is 11.9 Å². The van der Waals surface area contributed by atoms with Crippen LogP contribution in [0.2, 0.25) is 0 Å². The summed E-state index contributed by atoms with van der Waals surface area (Å²) in [6, 6.07) is 15.0. The summed E-state index contributed by atoms with van der Waals surface area (Å²) in [6.45, 7) is 5.52. The second-order valence-electron chi connectivity index (χ2n) is 11.1. The summed E-state index contributed by atoms with van der Waals surface area (Å²) in [5.41, 5.74) is 2.40. The quantitative estimate of drug-likeness (QED) is 0.390. The van der Waals surface area contributed by atoms with Crippen molar-refractivity contribution in [3.63, 3.8) is 0 Å². The summed E-state index contributed by atoms with van der Waals surface area (Å²) in [5.74, 6) is -3.65. The summed E-state index contributed by atoms with van der Waals surface area (Å²) >= 11 is 0. The number of rotatable bonds is 8. The van der Waals surface area contributed by atoms with E-state index >= 15 is 0 Å². The second-order valence-corrected chi connectivity index (χ2v) is 11.1. The van der Waals surface area contributed by atoms with Crippen LogP contribution in [-0.2, 0) is 9.53 Å². The number of likely N-dealkylation sites (tertiary alicyclic amines) is 1. The molecule has 2 aromatic carbocycles. The van der Waals surface area contributed by atoms with E-state index in [0.717, 1.165) is 55.7 Å². The third-order valence-corrected chi connectivity index (χ3v) is 8.07. The van der Waals surface area contributed by atoms with E-state index in [2.05, 4.69) is 42.2 Å². The molecule has 14 heteroatoms. The van der Waals surface area contributed by atoms with Crippen molar-refractivity contribution in [1.82, 2.24) is 24.8 Å². The minimum absolute atomic E-state index is 0.00552. The predicted octanol–water partition coefficient (Wildman–Crippen LogP) is 2.28. The van der Waals surface area contributed by atoms with E-state index in [9.17, 15) is 23.9 Å². The first-order chi connectivity index (χ1) is 21.2. The molecule has 1 aromatic heterocycles. The largest absolute Gasteiger partial charge is 0.481 e. The van der Waals surface area contributed by atoms with E-state index in [-0.39, 0.29) is 17.1 Å². The van der Waals surface area contributed by atoms with Gasteiger partial charge in [-0.1, -0.05) is 0 Å². The number of nitriles is 1. The summed E-state index contributed by atoms with van der Waals surface area (Å²) in [6.07, 6.45) is -1.74. The van der Waals surface area contributed by atoms with E-state index < -0.39 is 37.1 Å². The number of halogens is 2. The van der Waals surface area contributed by atoms with Crippen LogP contribution in [0.4, 0.5) is 26.1 Å². The number of benzene rings is 2. The van der Waals surface area contributed by atoms with Crippen molar-refractivity contribution in [3.8, 4) is 23.2 Å². The van der Waals surface area contributed by atoms with Crippen LogP contribution in [0, 0.1) is 11.3 Å². The van der Waals surface area contributed by atoms with Crippen LogP contribution in [-0.4, -0.2) is 112 Å². The molecule has 2 atom stereocenters. The number of ether oxygens (including phenoxy) is 2. The van der Waals surface area contributed by atoms with Gasteiger partial charge in [-0.3, -0.25) is 9.69 Å². The molecule has 0 bridgehead atoms. The summed E-state index contributed by atoms with van der Waals surface area (Å²) < 4.78 is 40.1.